The Kier molecular flexibility index (Phi) is 5.23. The number of anilines is 2. The van der Waals surface area contributed by atoms with Gasteiger partial charge >= 0.3 is 5.97 Å². The van der Waals surface area contributed by atoms with Gasteiger partial charge in [-0.3, -0.25) is 4.79 Å². The Balaban J connectivity index is 1.74. The lowest BCUT2D eigenvalue weighted by Gasteiger charge is -2.15. The summed E-state index contributed by atoms with van der Waals surface area (Å²) in [5.74, 6) is -0.142. The molecule has 0 atom stereocenters. The lowest BCUT2D eigenvalue weighted by Crippen LogP contribution is -2.27. The van der Waals surface area contributed by atoms with Gasteiger partial charge in [-0.2, -0.15) is 0 Å². The predicted octanol–water partition coefficient (Wildman–Crippen LogP) is 2.63. The van der Waals surface area contributed by atoms with Crippen molar-refractivity contribution in [3.63, 3.8) is 0 Å². The van der Waals surface area contributed by atoms with Gasteiger partial charge in [-0.1, -0.05) is 12.1 Å². The molecule has 2 aromatic rings. The maximum absolute atomic E-state index is 12.3. The van der Waals surface area contributed by atoms with Gasteiger partial charge < -0.3 is 15.0 Å². The van der Waals surface area contributed by atoms with Crippen LogP contribution in [0, 0.1) is 0 Å². The van der Waals surface area contributed by atoms with Crippen molar-refractivity contribution in [3.05, 3.63) is 47.8 Å². The van der Waals surface area contributed by atoms with Gasteiger partial charge in [0.05, 0.1) is 23.4 Å². The molecule has 0 radical (unpaired) electrons. The van der Waals surface area contributed by atoms with Crippen LogP contribution >= 0.6 is 0 Å². The van der Waals surface area contributed by atoms with E-state index in [0.29, 0.717) is 29.4 Å². The molecule has 0 saturated carbocycles. The van der Waals surface area contributed by atoms with Crippen LogP contribution in [0.2, 0.25) is 0 Å². The lowest BCUT2D eigenvalue weighted by molar-refractivity contribution is 0.0527. The highest BCUT2D eigenvalue weighted by Crippen LogP contribution is 2.20. The number of carbonyl (C=O) groups is 2. The van der Waals surface area contributed by atoms with Crippen LogP contribution in [-0.4, -0.2) is 46.4 Å². The fourth-order valence-electron chi connectivity index (χ4n) is 2.71. The van der Waals surface area contributed by atoms with E-state index in [1.165, 1.54) is 12.4 Å². The minimum Gasteiger partial charge on any atom is -0.462 e. The molecule has 3 rings (SSSR count). The molecular weight excluding hydrogens is 320 g/mol. The number of nitrogens with one attached hydrogen (secondary N) is 1. The summed E-state index contributed by atoms with van der Waals surface area (Å²) in [4.78, 5) is 34.5. The number of likely N-dealkylation sites (tertiary alicyclic amines) is 1. The van der Waals surface area contributed by atoms with E-state index in [1.807, 2.05) is 4.90 Å². The summed E-state index contributed by atoms with van der Waals surface area (Å²) in [6.07, 6.45) is 5.08. The Labute approximate surface area is 146 Å². The molecule has 1 fully saturated rings. The number of hydrogen-bond acceptors (Lipinski definition) is 6. The molecule has 0 aliphatic carbocycles. The van der Waals surface area contributed by atoms with Crippen molar-refractivity contribution >= 4 is 23.5 Å². The highest BCUT2D eigenvalue weighted by atomic mass is 16.5. The molecule has 1 saturated heterocycles. The third-order valence-corrected chi connectivity index (χ3v) is 3.96. The Bertz CT molecular complexity index is 755. The van der Waals surface area contributed by atoms with Gasteiger partial charge in [-0.15, -0.1) is 0 Å². The van der Waals surface area contributed by atoms with E-state index in [1.54, 1.807) is 31.2 Å². The van der Waals surface area contributed by atoms with Crippen molar-refractivity contribution in [1.29, 1.82) is 0 Å². The Morgan fingerprint density at radius 3 is 2.52 bits per heavy atom. The highest BCUT2D eigenvalue weighted by molar-refractivity contribution is 5.96. The number of amides is 1. The largest absolute Gasteiger partial charge is 0.462 e. The predicted molar refractivity (Wildman–Crippen MR) is 92.9 cm³/mol. The molecule has 1 N–H and O–H groups in total. The molecule has 1 aliphatic rings. The molecule has 7 heteroatoms. The zero-order chi connectivity index (χ0) is 17.6. The molecule has 0 bridgehead atoms. The van der Waals surface area contributed by atoms with E-state index in [9.17, 15) is 9.59 Å². The Morgan fingerprint density at radius 2 is 1.84 bits per heavy atom. The fraction of sp³-hybridized carbons (Fsp3) is 0.333. The summed E-state index contributed by atoms with van der Waals surface area (Å²) in [5.41, 5.74) is 1.43. The molecule has 1 amide bonds. The third kappa shape index (κ3) is 3.93. The molecule has 0 unspecified atom stereocenters. The normalized spacial score (nSPS) is 13.6. The first-order chi connectivity index (χ1) is 12.2. The summed E-state index contributed by atoms with van der Waals surface area (Å²) in [6, 6.07) is 6.98. The lowest BCUT2D eigenvalue weighted by atomic mass is 10.2. The first-order valence-electron chi connectivity index (χ1n) is 8.33. The first-order valence-corrected chi connectivity index (χ1v) is 8.33. The summed E-state index contributed by atoms with van der Waals surface area (Å²) in [6.45, 7) is 3.63. The molecular formula is C18H20N4O3. The maximum atomic E-state index is 12.3. The second-order valence-corrected chi connectivity index (χ2v) is 5.69. The number of esters is 1. The number of benzene rings is 1. The highest BCUT2D eigenvalue weighted by Gasteiger charge is 2.20. The molecule has 25 heavy (non-hydrogen) atoms. The van der Waals surface area contributed by atoms with Crippen LogP contribution in [0.4, 0.5) is 11.6 Å². The van der Waals surface area contributed by atoms with Crippen LogP contribution in [0.15, 0.2) is 36.7 Å². The van der Waals surface area contributed by atoms with E-state index < -0.39 is 5.97 Å². The number of ether oxygens (including phenoxy) is 1. The molecule has 7 nitrogen and oxygen atoms in total. The third-order valence-electron chi connectivity index (χ3n) is 3.96. The molecule has 1 aromatic carbocycles. The average molecular weight is 340 g/mol. The zero-order valence-corrected chi connectivity index (χ0v) is 14.1. The zero-order valence-electron chi connectivity index (χ0n) is 14.1. The van der Waals surface area contributed by atoms with Crippen molar-refractivity contribution < 1.29 is 14.3 Å². The Morgan fingerprint density at radius 1 is 1.16 bits per heavy atom. The number of aromatic nitrogens is 2. The van der Waals surface area contributed by atoms with Crippen molar-refractivity contribution in [3.8, 4) is 0 Å². The van der Waals surface area contributed by atoms with Crippen LogP contribution in [0.3, 0.4) is 0 Å². The fourth-order valence-corrected chi connectivity index (χ4v) is 2.71. The smallest absolute Gasteiger partial charge is 0.340 e. The first kappa shape index (κ1) is 16.9. The monoisotopic (exact) mass is 340 g/mol. The second kappa shape index (κ2) is 7.74. The summed E-state index contributed by atoms with van der Waals surface area (Å²) in [5, 5.41) is 3.00. The molecule has 0 spiro atoms. The number of para-hydroxylation sites is 1. The van der Waals surface area contributed by atoms with Gasteiger partial charge in [0.1, 0.15) is 0 Å². The van der Waals surface area contributed by atoms with Crippen LogP contribution in [-0.2, 0) is 4.74 Å². The topological polar surface area (TPSA) is 84.4 Å². The van der Waals surface area contributed by atoms with E-state index >= 15 is 0 Å². The Hall–Kier alpha value is -2.96. The molecule has 2 heterocycles. The SMILES string of the molecule is CCOC(=O)c1ccccc1Nc1ncc(C(=O)N2CCCC2)cn1. The van der Waals surface area contributed by atoms with Crippen LogP contribution in [0.1, 0.15) is 40.5 Å². The van der Waals surface area contributed by atoms with E-state index in [4.69, 9.17) is 4.74 Å². The summed E-state index contributed by atoms with van der Waals surface area (Å²) >= 11 is 0. The number of hydrogen-bond donors (Lipinski definition) is 1. The van der Waals surface area contributed by atoms with Crippen molar-refractivity contribution in [2.24, 2.45) is 0 Å². The van der Waals surface area contributed by atoms with Crippen molar-refractivity contribution in [1.82, 2.24) is 14.9 Å². The van der Waals surface area contributed by atoms with Gasteiger partial charge in [0, 0.05) is 25.5 Å². The standard InChI is InChI=1S/C18H20N4O3/c1-2-25-17(24)14-7-3-4-8-15(14)21-18-19-11-13(12-20-18)16(23)22-9-5-6-10-22/h3-4,7-8,11-12H,2,5-6,9-10H2,1H3,(H,19,20,21). The van der Waals surface area contributed by atoms with E-state index in [-0.39, 0.29) is 5.91 Å². The second-order valence-electron chi connectivity index (χ2n) is 5.69. The van der Waals surface area contributed by atoms with Gasteiger partial charge in [0.15, 0.2) is 0 Å². The van der Waals surface area contributed by atoms with E-state index in [0.717, 1.165) is 25.9 Å². The van der Waals surface area contributed by atoms with Crippen molar-refractivity contribution in [2.75, 3.05) is 25.0 Å². The van der Waals surface area contributed by atoms with Gasteiger partial charge in [-0.25, -0.2) is 14.8 Å². The number of carbonyl (C=O) groups excluding carboxylic acids is 2. The average Bonchev–Trinajstić information content (AvgIpc) is 3.17. The van der Waals surface area contributed by atoms with Crippen LogP contribution in [0.25, 0.3) is 0 Å². The number of rotatable bonds is 5. The summed E-state index contributed by atoms with van der Waals surface area (Å²) in [7, 11) is 0. The molecule has 130 valence electrons. The molecule has 1 aromatic heterocycles. The molecule has 1 aliphatic heterocycles. The minimum absolute atomic E-state index is 0.0454. The number of nitrogens with zero attached hydrogens (tertiary/aromatic N) is 3. The van der Waals surface area contributed by atoms with Gasteiger partial charge in [-0.05, 0) is 31.9 Å². The van der Waals surface area contributed by atoms with Crippen LogP contribution < -0.4 is 5.32 Å². The van der Waals surface area contributed by atoms with Crippen molar-refractivity contribution in [2.45, 2.75) is 19.8 Å². The van der Waals surface area contributed by atoms with E-state index in [2.05, 4.69) is 15.3 Å². The quantitative estimate of drug-likeness (QED) is 0.842. The van der Waals surface area contributed by atoms with Gasteiger partial charge in [0.2, 0.25) is 5.95 Å². The summed E-state index contributed by atoms with van der Waals surface area (Å²) < 4.78 is 5.04. The minimum atomic E-state index is -0.411. The maximum Gasteiger partial charge on any atom is 0.340 e. The van der Waals surface area contributed by atoms with Crippen LogP contribution in [0.5, 0.6) is 0 Å². The van der Waals surface area contributed by atoms with Gasteiger partial charge in [0.25, 0.3) is 5.91 Å².